The fourth-order valence-electron chi connectivity index (χ4n) is 5.38. The number of fused-ring (bicyclic) bond motifs is 2. The molecule has 0 aromatic heterocycles. The van der Waals surface area contributed by atoms with Gasteiger partial charge in [0.25, 0.3) is 0 Å². The third kappa shape index (κ3) is 5.48. The molecule has 0 amide bonds. The fraction of sp³-hybridized carbons (Fsp3) is 0.312. The average molecular weight is 527 g/mol. The van der Waals surface area contributed by atoms with Crippen LogP contribution in [-0.2, 0) is 23.9 Å². The summed E-state index contributed by atoms with van der Waals surface area (Å²) in [5.41, 5.74) is 2.08. The van der Waals surface area contributed by atoms with E-state index < -0.39 is 35.6 Å². The van der Waals surface area contributed by atoms with Gasteiger partial charge < -0.3 is 14.2 Å². The smallest absolute Gasteiger partial charge is 0.317 e. The van der Waals surface area contributed by atoms with Gasteiger partial charge in [0.1, 0.15) is 17.4 Å². The highest BCUT2D eigenvalue weighted by Gasteiger charge is 2.49. The second-order valence-corrected chi connectivity index (χ2v) is 9.86. The lowest BCUT2D eigenvalue weighted by Gasteiger charge is -2.37. The highest BCUT2D eigenvalue weighted by Crippen LogP contribution is 2.49. The maximum atomic E-state index is 13.9. The normalized spacial score (nSPS) is 18.4. The van der Waals surface area contributed by atoms with Gasteiger partial charge >= 0.3 is 11.9 Å². The van der Waals surface area contributed by atoms with E-state index in [-0.39, 0.29) is 31.2 Å². The monoisotopic (exact) mass is 526 g/mol. The molecular weight excluding hydrogens is 496 g/mol. The summed E-state index contributed by atoms with van der Waals surface area (Å²) in [4.78, 5) is 52.0. The van der Waals surface area contributed by atoms with Crippen molar-refractivity contribution >= 4 is 23.5 Å². The standard InChI is InChI=1S/C32H30O7/c1-2-37-32(36)29(28-23-12-6-8-14-26(23)39-27-15-9-7-13-24(27)28)30(34)21-18-22(19-21)31(35)38-17-16-25(33)20-10-4-3-5-11-20/h3-15,21-22,28-29H,2,16-19H2,1H3. The van der Waals surface area contributed by atoms with Gasteiger partial charge in [-0.05, 0) is 31.9 Å². The van der Waals surface area contributed by atoms with E-state index in [1.165, 1.54) is 0 Å². The first-order valence-corrected chi connectivity index (χ1v) is 13.3. The van der Waals surface area contributed by atoms with Crippen LogP contribution in [0.15, 0.2) is 78.9 Å². The number of benzene rings is 3. The van der Waals surface area contributed by atoms with E-state index in [2.05, 4.69) is 0 Å². The molecule has 200 valence electrons. The second-order valence-electron chi connectivity index (χ2n) is 9.86. The Morgan fingerprint density at radius 3 is 2.00 bits per heavy atom. The minimum atomic E-state index is -1.07. The second kappa shape index (κ2) is 11.6. The Bertz CT molecular complexity index is 1330. The van der Waals surface area contributed by atoms with Crippen molar-refractivity contribution in [2.45, 2.75) is 32.1 Å². The largest absolute Gasteiger partial charge is 0.465 e. The number of ether oxygens (including phenoxy) is 3. The lowest BCUT2D eigenvalue weighted by atomic mass is 9.66. The molecule has 2 aliphatic rings. The van der Waals surface area contributed by atoms with Crippen LogP contribution in [0.25, 0.3) is 0 Å². The van der Waals surface area contributed by atoms with E-state index in [9.17, 15) is 19.2 Å². The fourth-order valence-corrected chi connectivity index (χ4v) is 5.38. The van der Waals surface area contributed by atoms with Crippen LogP contribution in [-0.4, -0.2) is 36.7 Å². The number of hydrogen-bond donors (Lipinski definition) is 0. The van der Waals surface area contributed by atoms with E-state index in [0.717, 1.165) is 11.1 Å². The maximum absolute atomic E-state index is 13.9. The summed E-state index contributed by atoms with van der Waals surface area (Å²) in [6, 6.07) is 23.6. The number of esters is 2. The lowest BCUT2D eigenvalue weighted by Crippen LogP contribution is -2.43. The number of carbonyl (C=O) groups excluding carboxylic acids is 4. The molecule has 1 aliphatic carbocycles. The third-order valence-electron chi connectivity index (χ3n) is 7.45. The Morgan fingerprint density at radius 2 is 1.38 bits per heavy atom. The van der Waals surface area contributed by atoms with Gasteiger partial charge in [0.2, 0.25) is 0 Å². The average Bonchev–Trinajstić information content (AvgIpc) is 2.92. The zero-order valence-electron chi connectivity index (χ0n) is 21.7. The number of hydrogen-bond acceptors (Lipinski definition) is 7. The van der Waals surface area contributed by atoms with Crippen molar-refractivity contribution in [2.24, 2.45) is 17.8 Å². The molecule has 39 heavy (non-hydrogen) atoms. The topological polar surface area (TPSA) is 96.0 Å². The molecule has 1 atom stereocenters. The van der Waals surface area contributed by atoms with Crippen molar-refractivity contribution < 1.29 is 33.4 Å². The molecule has 3 aromatic carbocycles. The van der Waals surface area contributed by atoms with Crippen molar-refractivity contribution in [3.63, 3.8) is 0 Å². The lowest BCUT2D eigenvalue weighted by molar-refractivity contribution is -0.158. The molecule has 3 aromatic rings. The Labute approximate surface area is 227 Å². The first-order chi connectivity index (χ1) is 19.0. The van der Waals surface area contributed by atoms with Crippen molar-refractivity contribution in [3.8, 4) is 11.5 Å². The molecule has 1 heterocycles. The van der Waals surface area contributed by atoms with Gasteiger partial charge in [-0.25, -0.2) is 0 Å². The van der Waals surface area contributed by atoms with Gasteiger partial charge in [-0.3, -0.25) is 19.2 Å². The predicted octanol–water partition coefficient (Wildman–Crippen LogP) is 5.52. The van der Waals surface area contributed by atoms with E-state index in [0.29, 0.717) is 29.9 Å². The highest BCUT2D eigenvalue weighted by molar-refractivity contribution is 6.03. The van der Waals surface area contributed by atoms with Gasteiger partial charge in [-0.2, -0.15) is 0 Å². The van der Waals surface area contributed by atoms with Crippen LogP contribution in [0, 0.1) is 17.8 Å². The molecule has 5 rings (SSSR count). The molecule has 0 spiro atoms. The molecule has 0 radical (unpaired) electrons. The predicted molar refractivity (Wildman–Crippen MR) is 142 cm³/mol. The summed E-state index contributed by atoms with van der Waals surface area (Å²) >= 11 is 0. The van der Waals surface area contributed by atoms with Crippen LogP contribution < -0.4 is 4.74 Å². The van der Waals surface area contributed by atoms with Crippen LogP contribution >= 0.6 is 0 Å². The number of rotatable bonds is 10. The molecule has 1 aliphatic heterocycles. The molecular formula is C32H30O7. The first kappa shape index (κ1) is 26.4. The maximum Gasteiger partial charge on any atom is 0.317 e. The minimum Gasteiger partial charge on any atom is -0.465 e. The minimum absolute atomic E-state index is 0.0111. The molecule has 7 heteroatoms. The van der Waals surface area contributed by atoms with E-state index in [1.54, 1.807) is 31.2 Å². The van der Waals surface area contributed by atoms with E-state index in [1.807, 2.05) is 54.6 Å². The van der Waals surface area contributed by atoms with Crippen molar-refractivity contribution in [2.75, 3.05) is 13.2 Å². The summed E-state index contributed by atoms with van der Waals surface area (Å²) in [6.07, 6.45) is 0.692. The van der Waals surface area contributed by atoms with Gasteiger partial charge in [-0.15, -0.1) is 0 Å². The van der Waals surface area contributed by atoms with Crippen LogP contribution in [0.5, 0.6) is 11.5 Å². The molecule has 7 nitrogen and oxygen atoms in total. The van der Waals surface area contributed by atoms with E-state index in [4.69, 9.17) is 14.2 Å². The van der Waals surface area contributed by atoms with Gasteiger partial charge in [-0.1, -0.05) is 66.7 Å². The number of para-hydroxylation sites is 2. The third-order valence-corrected chi connectivity index (χ3v) is 7.45. The van der Waals surface area contributed by atoms with E-state index >= 15 is 0 Å². The Hall–Kier alpha value is -4.26. The summed E-state index contributed by atoms with van der Waals surface area (Å²) in [6.45, 7) is 1.85. The first-order valence-electron chi connectivity index (χ1n) is 13.3. The van der Waals surface area contributed by atoms with Crippen LogP contribution in [0.1, 0.15) is 53.6 Å². The Morgan fingerprint density at radius 1 is 0.795 bits per heavy atom. The molecule has 1 saturated carbocycles. The van der Waals surface area contributed by atoms with Gasteiger partial charge in [0.15, 0.2) is 11.6 Å². The molecule has 0 saturated heterocycles. The number of Topliss-reactive ketones (excluding diaryl/α,β-unsaturated/α-hetero) is 2. The van der Waals surface area contributed by atoms with Gasteiger partial charge in [0, 0.05) is 34.9 Å². The summed E-state index contributed by atoms with van der Waals surface area (Å²) in [5, 5.41) is 0. The molecule has 0 N–H and O–H groups in total. The number of carbonyl (C=O) groups is 4. The molecule has 1 unspecified atom stereocenters. The van der Waals surface area contributed by atoms with Crippen LogP contribution in [0.4, 0.5) is 0 Å². The summed E-state index contributed by atoms with van der Waals surface area (Å²) < 4.78 is 16.8. The quantitative estimate of drug-likeness (QED) is 0.195. The van der Waals surface area contributed by atoms with Crippen molar-refractivity contribution in [1.82, 2.24) is 0 Å². The SMILES string of the molecule is CCOC(=O)C(C(=O)C1CC(C(=O)OCCC(=O)c2ccccc2)C1)C1c2ccccc2Oc2ccccc21. The highest BCUT2D eigenvalue weighted by atomic mass is 16.5. The Kier molecular flexibility index (Phi) is 7.87. The number of ketones is 2. The van der Waals surface area contributed by atoms with Crippen molar-refractivity contribution in [3.05, 3.63) is 95.6 Å². The van der Waals surface area contributed by atoms with Crippen molar-refractivity contribution in [1.29, 1.82) is 0 Å². The van der Waals surface area contributed by atoms with Gasteiger partial charge in [0.05, 0.1) is 19.1 Å². The molecule has 0 bridgehead atoms. The zero-order chi connectivity index (χ0) is 27.4. The zero-order valence-corrected chi connectivity index (χ0v) is 21.7. The van der Waals surface area contributed by atoms with Crippen LogP contribution in [0.2, 0.25) is 0 Å². The van der Waals surface area contributed by atoms with Crippen LogP contribution in [0.3, 0.4) is 0 Å². The molecule has 1 fully saturated rings. The summed E-state index contributed by atoms with van der Waals surface area (Å²) in [7, 11) is 0. The Balaban J connectivity index is 1.27. The summed E-state index contributed by atoms with van der Waals surface area (Å²) in [5.74, 6) is -2.68.